The van der Waals surface area contributed by atoms with E-state index in [4.69, 9.17) is 5.73 Å². The van der Waals surface area contributed by atoms with E-state index in [1.54, 1.807) is 0 Å². The van der Waals surface area contributed by atoms with E-state index in [9.17, 15) is 4.79 Å². The summed E-state index contributed by atoms with van der Waals surface area (Å²) in [5, 5.41) is 0. The molecule has 1 aromatic heterocycles. The first-order valence-electron chi connectivity index (χ1n) is 5.74. The van der Waals surface area contributed by atoms with Gasteiger partial charge in [-0.3, -0.25) is 4.79 Å². The van der Waals surface area contributed by atoms with Crippen LogP contribution in [0.5, 0.6) is 0 Å². The van der Waals surface area contributed by atoms with Crippen LogP contribution in [0.25, 0.3) is 0 Å². The molecule has 0 unspecified atom stereocenters. The number of hydrogen-bond acceptors (Lipinski definition) is 2. The zero-order valence-corrected chi connectivity index (χ0v) is 10.9. The van der Waals surface area contributed by atoms with Crippen LogP contribution in [0.2, 0.25) is 0 Å². The van der Waals surface area contributed by atoms with Crippen molar-refractivity contribution in [2.24, 2.45) is 5.73 Å². The van der Waals surface area contributed by atoms with Crippen molar-refractivity contribution in [3.8, 4) is 0 Å². The molecule has 0 aliphatic heterocycles. The Bertz CT molecular complexity index is 425. The van der Waals surface area contributed by atoms with Gasteiger partial charge >= 0.3 is 0 Å². The van der Waals surface area contributed by atoms with Crippen LogP contribution in [-0.4, -0.2) is 4.57 Å². The molecular weight excluding hydrogens is 200 g/mol. The van der Waals surface area contributed by atoms with Crippen LogP contribution in [0.1, 0.15) is 51.9 Å². The lowest BCUT2D eigenvalue weighted by atomic mass is 9.90. The summed E-state index contributed by atoms with van der Waals surface area (Å²) in [4.78, 5) is 12.2. The van der Waals surface area contributed by atoms with Crippen LogP contribution >= 0.6 is 0 Å². The highest BCUT2D eigenvalue weighted by Gasteiger charge is 2.21. The molecule has 3 nitrogen and oxygen atoms in total. The van der Waals surface area contributed by atoms with Crippen LogP contribution in [0.15, 0.2) is 16.9 Å². The average molecular weight is 222 g/mol. The molecule has 0 bridgehead atoms. The molecule has 1 aromatic rings. The van der Waals surface area contributed by atoms with Crippen molar-refractivity contribution in [2.75, 3.05) is 0 Å². The number of hydrogen-bond donors (Lipinski definition) is 1. The Kier molecular flexibility index (Phi) is 3.58. The van der Waals surface area contributed by atoms with Crippen molar-refractivity contribution in [3.63, 3.8) is 0 Å². The van der Waals surface area contributed by atoms with Gasteiger partial charge in [0.1, 0.15) is 0 Å². The number of aromatic nitrogens is 1. The van der Waals surface area contributed by atoms with Crippen LogP contribution < -0.4 is 11.3 Å². The predicted octanol–water partition coefficient (Wildman–Crippen LogP) is 2.19. The van der Waals surface area contributed by atoms with Crippen LogP contribution in [0.3, 0.4) is 0 Å². The fraction of sp³-hybridized carbons (Fsp3) is 0.615. The maximum absolute atomic E-state index is 12.2. The molecule has 0 atom stereocenters. The third-order valence-corrected chi connectivity index (χ3v) is 2.70. The summed E-state index contributed by atoms with van der Waals surface area (Å²) in [5.74, 6) is 0. The van der Waals surface area contributed by atoms with Crippen molar-refractivity contribution in [3.05, 3.63) is 33.7 Å². The highest BCUT2D eigenvalue weighted by molar-refractivity contribution is 5.21. The molecule has 3 heteroatoms. The lowest BCUT2D eigenvalue weighted by molar-refractivity contribution is 0.464. The van der Waals surface area contributed by atoms with E-state index in [2.05, 4.69) is 20.8 Å². The maximum Gasteiger partial charge on any atom is 0.255 e. The van der Waals surface area contributed by atoms with Gasteiger partial charge in [0.25, 0.3) is 5.56 Å². The van der Waals surface area contributed by atoms with Crippen molar-refractivity contribution in [1.82, 2.24) is 4.57 Å². The van der Waals surface area contributed by atoms with Gasteiger partial charge in [0.15, 0.2) is 0 Å². The summed E-state index contributed by atoms with van der Waals surface area (Å²) in [5.41, 5.74) is 7.32. The Balaban J connectivity index is 3.54. The molecule has 0 spiro atoms. The van der Waals surface area contributed by atoms with Crippen molar-refractivity contribution >= 4 is 0 Å². The van der Waals surface area contributed by atoms with Gasteiger partial charge in [-0.05, 0) is 19.9 Å². The summed E-state index contributed by atoms with van der Waals surface area (Å²) in [6, 6.07) is 4.03. The number of nitrogens with two attached hydrogens (primary N) is 1. The van der Waals surface area contributed by atoms with Crippen LogP contribution in [-0.2, 0) is 12.0 Å². The number of nitrogens with zero attached hydrogens (tertiary/aromatic N) is 1. The molecule has 0 aliphatic rings. The van der Waals surface area contributed by atoms with Gasteiger partial charge in [0.05, 0.1) is 0 Å². The first-order chi connectivity index (χ1) is 7.29. The molecule has 0 radical (unpaired) electrons. The van der Waals surface area contributed by atoms with Gasteiger partial charge in [0, 0.05) is 29.3 Å². The molecule has 90 valence electrons. The summed E-state index contributed by atoms with van der Waals surface area (Å²) in [7, 11) is 0. The second kappa shape index (κ2) is 4.42. The molecular formula is C13H22N2O. The summed E-state index contributed by atoms with van der Waals surface area (Å²) in [6.45, 7) is 10.7. The standard InChI is InChI=1S/C13H22N2O/c1-9(2)15-11(13(3,4)5)7-6-10(8-14)12(15)16/h6-7,9H,8,14H2,1-5H3. The van der Waals surface area contributed by atoms with E-state index in [1.165, 1.54) is 0 Å². The number of rotatable bonds is 2. The Labute approximate surface area is 97.3 Å². The van der Waals surface area contributed by atoms with Crippen LogP contribution in [0, 0.1) is 0 Å². The first-order valence-corrected chi connectivity index (χ1v) is 5.74. The summed E-state index contributed by atoms with van der Waals surface area (Å²) in [6.07, 6.45) is 0. The monoisotopic (exact) mass is 222 g/mol. The molecule has 0 amide bonds. The molecule has 2 N–H and O–H groups in total. The average Bonchev–Trinajstić information content (AvgIpc) is 2.15. The van der Waals surface area contributed by atoms with Crippen molar-refractivity contribution < 1.29 is 0 Å². The maximum atomic E-state index is 12.2. The Morgan fingerprint density at radius 1 is 1.31 bits per heavy atom. The van der Waals surface area contributed by atoms with Gasteiger partial charge < -0.3 is 10.3 Å². The van der Waals surface area contributed by atoms with Crippen molar-refractivity contribution in [1.29, 1.82) is 0 Å². The minimum atomic E-state index is -0.0312. The zero-order valence-electron chi connectivity index (χ0n) is 10.9. The fourth-order valence-corrected chi connectivity index (χ4v) is 1.87. The lowest BCUT2D eigenvalue weighted by Gasteiger charge is -2.26. The smallest absolute Gasteiger partial charge is 0.255 e. The molecule has 16 heavy (non-hydrogen) atoms. The topological polar surface area (TPSA) is 48.0 Å². The van der Waals surface area contributed by atoms with E-state index in [0.29, 0.717) is 12.1 Å². The SMILES string of the molecule is CC(C)n1c(C(C)(C)C)ccc(CN)c1=O. The lowest BCUT2D eigenvalue weighted by Crippen LogP contribution is -2.33. The third-order valence-electron chi connectivity index (χ3n) is 2.70. The second-order valence-corrected chi connectivity index (χ2v) is 5.47. The van der Waals surface area contributed by atoms with E-state index < -0.39 is 0 Å². The Hall–Kier alpha value is -1.09. The van der Waals surface area contributed by atoms with E-state index in [1.807, 2.05) is 30.5 Å². The fourth-order valence-electron chi connectivity index (χ4n) is 1.87. The largest absolute Gasteiger partial charge is 0.326 e. The minimum Gasteiger partial charge on any atom is -0.326 e. The summed E-state index contributed by atoms with van der Waals surface area (Å²) < 4.78 is 1.85. The molecule has 0 aliphatic carbocycles. The molecule has 0 saturated carbocycles. The molecule has 0 fully saturated rings. The highest BCUT2D eigenvalue weighted by atomic mass is 16.1. The Morgan fingerprint density at radius 2 is 1.88 bits per heavy atom. The first kappa shape index (κ1) is 13.0. The zero-order chi connectivity index (χ0) is 12.5. The van der Waals surface area contributed by atoms with Gasteiger partial charge in [0.2, 0.25) is 0 Å². The van der Waals surface area contributed by atoms with E-state index in [0.717, 1.165) is 5.69 Å². The van der Waals surface area contributed by atoms with Crippen molar-refractivity contribution in [2.45, 2.75) is 52.6 Å². The van der Waals surface area contributed by atoms with Gasteiger partial charge in [-0.2, -0.15) is 0 Å². The van der Waals surface area contributed by atoms with E-state index in [-0.39, 0.29) is 17.0 Å². The molecule has 0 aromatic carbocycles. The van der Waals surface area contributed by atoms with Gasteiger partial charge in [-0.15, -0.1) is 0 Å². The van der Waals surface area contributed by atoms with E-state index >= 15 is 0 Å². The molecule has 0 saturated heterocycles. The van der Waals surface area contributed by atoms with Gasteiger partial charge in [-0.1, -0.05) is 26.8 Å². The highest BCUT2D eigenvalue weighted by Crippen LogP contribution is 2.23. The number of pyridine rings is 1. The predicted molar refractivity (Wildman–Crippen MR) is 67.7 cm³/mol. The van der Waals surface area contributed by atoms with Crippen LogP contribution in [0.4, 0.5) is 0 Å². The van der Waals surface area contributed by atoms with Gasteiger partial charge in [-0.25, -0.2) is 0 Å². The third kappa shape index (κ3) is 2.35. The minimum absolute atomic E-state index is 0.0312. The normalized spacial score (nSPS) is 12.2. The molecule has 1 rings (SSSR count). The molecule has 1 heterocycles. The second-order valence-electron chi connectivity index (χ2n) is 5.47. The Morgan fingerprint density at radius 3 is 2.25 bits per heavy atom. The quantitative estimate of drug-likeness (QED) is 0.833. The summed E-state index contributed by atoms with van der Waals surface area (Å²) >= 11 is 0.